The summed E-state index contributed by atoms with van der Waals surface area (Å²) in [4.78, 5) is 13.5. The van der Waals surface area contributed by atoms with Gasteiger partial charge in [0.1, 0.15) is 0 Å². The van der Waals surface area contributed by atoms with Gasteiger partial charge in [-0.15, -0.1) is 0 Å². The molecule has 0 aromatic heterocycles. The van der Waals surface area contributed by atoms with E-state index in [2.05, 4.69) is 0 Å². The van der Waals surface area contributed by atoms with Crippen molar-refractivity contribution in [3.05, 3.63) is 59.7 Å². The van der Waals surface area contributed by atoms with E-state index in [0.29, 0.717) is 6.07 Å². The highest BCUT2D eigenvalue weighted by Gasteiger charge is 2.45. The van der Waals surface area contributed by atoms with Gasteiger partial charge in [-0.2, -0.15) is 26.3 Å². The zero-order valence-electron chi connectivity index (χ0n) is 19.9. The third-order valence-electron chi connectivity index (χ3n) is 6.67. The van der Waals surface area contributed by atoms with E-state index in [4.69, 9.17) is 0 Å². The fraction of sp³-hybridized carbons (Fsp3) is 0.458. The Morgan fingerprint density at radius 1 is 0.946 bits per heavy atom. The molecule has 13 heteroatoms. The first-order chi connectivity index (χ1) is 16.9. The van der Waals surface area contributed by atoms with Gasteiger partial charge in [-0.25, -0.2) is 8.42 Å². The summed E-state index contributed by atoms with van der Waals surface area (Å²) in [6.07, 6.45) is -8.86. The molecule has 1 unspecified atom stereocenters. The molecular formula is C24H25F6NO4S2. The van der Waals surface area contributed by atoms with E-state index in [9.17, 15) is 44.1 Å². The lowest BCUT2D eigenvalue weighted by Crippen LogP contribution is -2.48. The van der Waals surface area contributed by atoms with E-state index in [0.717, 1.165) is 36.4 Å². The fourth-order valence-corrected chi connectivity index (χ4v) is 7.17. The number of benzene rings is 2. The highest BCUT2D eigenvalue weighted by atomic mass is 32.2. The average molecular weight is 570 g/mol. The minimum absolute atomic E-state index is 0.116. The van der Waals surface area contributed by atoms with E-state index in [1.54, 1.807) is 0 Å². The number of sulfone groups is 1. The van der Waals surface area contributed by atoms with E-state index < -0.39 is 71.7 Å². The second-order valence-electron chi connectivity index (χ2n) is 9.30. The van der Waals surface area contributed by atoms with Gasteiger partial charge in [0, 0.05) is 19.2 Å². The predicted octanol–water partition coefficient (Wildman–Crippen LogP) is 5.32. The zero-order valence-corrected chi connectivity index (χ0v) is 21.5. The molecule has 0 saturated carbocycles. The summed E-state index contributed by atoms with van der Waals surface area (Å²) in [5.74, 6) is -1.56. The van der Waals surface area contributed by atoms with Crippen LogP contribution in [0.1, 0.15) is 37.8 Å². The maximum Gasteiger partial charge on any atom is 0.416 e. The Kier molecular flexibility index (Phi) is 8.31. The van der Waals surface area contributed by atoms with Crippen LogP contribution in [0.5, 0.6) is 0 Å². The molecule has 1 amide bonds. The molecule has 0 radical (unpaired) electrons. The number of alkyl halides is 6. The zero-order chi connectivity index (χ0) is 27.8. The van der Waals surface area contributed by atoms with Crippen molar-refractivity contribution in [3.8, 4) is 0 Å². The number of amides is 1. The summed E-state index contributed by atoms with van der Waals surface area (Å²) in [5.41, 5.74) is -2.05. The first kappa shape index (κ1) is 29.3. The number of nitrogens with zero attached hydrogens (tertiary/aromatic N) is 1. The van der Waals surface area contributed by atoms with E-state index in [1.807, 2.05) is 0 Å². The van der Waals surface area contributed by atoms with Crippen LogP contribution in [0.4, 0.5) is 26.3 Å². The summed E-state index contributed by atoms with van der Waals surface area (Å²) in [6.45, 7) is 3.11. The summed E-state index contributed by atoms with van der Waals surface area (Å²) in [7, 11) is -4.17. The molecule has 0 aliphatic carbocycles. The number of rotatable bonds is 6. The SMILES string of the molecule is CC(C)(C1CCN(C(=O)C[S+]([O-])c2cccc(C(F)(F)F)c2)CC1)S(=O)(=O)c1cccc(C(F)(F)F)c1. The van der Waals surface area contributed by atoms with Gasteiger partial charge in [0.2, 0.25) is 0 Å². The van der Waals surface area contributed by atoms with Crippen LogP contribution in [0.2, 0.25) is 0 Å². The van der Waals surface area contributed by atoms with Crippen LogP contribution >= 0.6 is 0 Å². The van der Waals surface area contributed by atoms with Gasteiger partial charge in [0.15, 0.2) is 20.5 Å². The van der Waals surface area contributed by atoms with E-state index in [-0.39, 0.29) is 30.8 Å². The number of carbonyl (C=O) groups is 1. The topological polar surface area (TPSA) is 77.5 Å². The molecule has 5 nitrogen and oxygen atoms in total. The molecule has 37 heavy (non-hydrogen) atoms. The van der Waals surface area contributed by atoms with Crippen LogP contribution in [0, 0.1) is 5.92 Å². The summed E-state index contributed by atoms with van der Waals surface area (Å²) in [5, 5.41) is 0. The van der Waals surface area contributed by atoms with Crippen molar-refractivity contribution in [1.82, 2.24) is 4.90 Å². The number of hydrogen-bond acceptors (Lipinski definition) is 4. The minimum Gasteiger partial charge on any atom is -0.611 e. The predicted molar refractivity (Wildman–Crippen MR) is 125 cm³/mol. The van der Waals surface area contributed by atoms with Crippen molar-refractivity contribution in [3.63, 3.8) is 0 Å². The Bertz CT molecular complexity index is 1240. The lowest BCUT2D eigenvalue weighted by atomic mass is 9.86. The maximum absolute atomic E-state index is 13.3. The smallest absolute Gasteiger partial charge is 0.416 e. The molecule has 1 saturated heterocycles. The van der Waals surface area contributed by atoms with E-state index in [1.165, 1.54) is 24.8 Å². The number of piperidine rings is 1. The monoisotopic (exact) mass is 569 g/mol. The molecule has 2 aromatic carbocycles. The van der Waals surface area contributed by atoms with Crippen molar-refractivity contribution in [2.75, 3.05) is 18.8 Å². The Labute approximate surface area is 213 Å². The molecule has 0 spiro atoms. The van der Waals surface area contributed by atoms with E-state index >= 15 is 0 Å². The Morgan fingerprint density at radius 2 is 1.46 bits per heavy atom. The molecule has 1 heterocycles. The molecule has 204 valence electrons. The third kappa shape index (κ3) is 6.43. The van der Waals surface area contributed by atoms with Gasteiger partial charge in [-0.05, 0) is 74.1 Å². The van der Waals surface area contributed by atoms with Gasteiger partial charge in [-0.1, -0.05) is 12.1 Å². The van der Waals surface area contributed by atoms with Crippen molar-refractivity contribution >= 4 is 26.9 Å². The normalized spacial score (nSPS) is 17.1. The third-order valence-corrected chi connectivity index (χ3v) is 10.6. The molecule has 1 aliphatic heterocycles. The highest BCUT2D eigenvalue weighted by molar-refractivity contribution is 7.93. The number of hydrogen-bond donors (Lipinski definition) is 0. The van der Waals surface area contributed by atoms with Crippen LogP contribution in [0.3, 0.4) is 0 Å². The van der Waals surface area contributed by atoms with Gasteiger partial charge in [0.05, 0.1) is 20.8 Å². The highest BCUT2D eigenvalue weighted by Crippen LogP contribution is 2.39. The van der Waals surface area contributed by atoms with Crippen LogP contribution < -0.4 is 0 Å². The van der Waals surface area contributed by atoms with Crippen molar-refractivity contribution in [2.24, 2.45) is 5.92 Å². The molecule has 1 fully saturated rings. The lowest BCUT2D eigenvalue weighted by molar-refractivity contribution is -0.138. The first-order valence-electron chi connectivity index (χ1n) is 11.2. The second-order valence-corrected chi connectivity index (χ2v) is 13.3. The Hall–Kier alpha value is -2.25. The first-order valence-corrected chi connectivity index (χ1v) is 14.0. The van der Waals surface area contributed by atoms with Crippen molar-refractivity contribution in [1.29, 1.82) is 0 Å². The molecule has 3 rings (SSSR count). The van der Waals surface area contributed by atoms with Gasteiger partial charge in [-0.3, -0.25) is 4.79 Å². The summed E-state index contributed by atoms with van der Waals surface area (Å²) >= 11 is -2.01. The molecule has 1 aliphatic rings. The Balaban J connectivity index is 1.66. The quantitative estimate of drug-likeness (QED) is 0.349. The molecule has 0 N–H and O–H groups in total. The molecule has 0 bridgehead atoms. The fourth-order valence-electron chi connectivity index (χ4n) is 4.29. The maximum atomic E-state index is 13.3. The number of carbonyl (C=O) groups excluding carboxylic acids is 1. The van der Waals surface area contributed by atoms with Gasteiger partial charge >= 0.3 is 12.4 Å². The van der Waals surface area contributed by atoms with Gasteiger partial charge in [0.25, 0.3) is 5.91 Å². The van der Waals surface area contributed by atoms with Crippen molar-refractivity contribution in [2.45, 2.75) is 53.6 Å². The molecule has 1 atom stereocenters. The van der Waals surface area contributed by atoms with Gasteiger partial charge < -0.3 is 9.45 Å². The average Bonchev–Trinajstić information content (AvgIpc) is 2.83. The van der Waals surface area contributed by atoms with Crippen LogP contribution in [0.15, 0.2) is 58.3 Å². The minimum atomic E-state index is -4.70. The lowest BCUT2D eigenvalue weighted by Gasteiger charge is -2.40. The number of halogens is 6. The standard InChI is InChI=1S/C24H25F6NO4S2/c1-22(2,37(34,35)20-8-4-6-18(14-20)24(28,29)30)16-9-11-31(12-10-16)21(32)15-36(33)19-7-3-5-17(13-19)23(25,26)27/h3-8,13-14,16H,9-12,15H2,1-2H3. The van der Waals surface area contributed by atoms with Crippen LogP contribution in [-0.4, -0.2) is 47.4 Å². The van der Waals surface area contributed by atoms with Crippen LogP contribution in [-0.2, 0) is 38.2 Å². The van der Waals surface area contributed by atoms with Crippen molar-refractivity contribution < 1.29 is 44.1 Å². The summed E-state index contributed by atoms with van der Waals surface area (Å²) < 4.78 is 116. The molecular weight excluding hydrogens is 544 g/mol. The second kappa shape index (κ2) is 10.5. The number of likely N-dealkylation sites (tertiary alicyclic amines) is 1. The molecule has 2 aromatic rings. The Morgan fingerprint density at radius 3 is 2.00 bits per heavy atom. The summed E-state index contributed by atoms with van der Waals surface area (Å²) in [6, 6.07) is 7.48. The largest absolute Gasteiger partial charge is 0.611 e. The van der Waals surface area contributed by atoms with Crippen LogP contribution in [0.25, 0.3) is 0 Å².